The third kappa shape index (κ3) is 6.31. The lowest BCUT2D eigenvalue weighted by Gasteiger charge is -2.12. The van der Waals surface area contributed by atoms with E-state index in [-0.39, 0.29) is 5.78 Å². The van der Waals surface area contributed by atoms with Crippen molar-refractivity contribution in [3.63, 3.8) is 0 Å². The summed E-state index contributed by atoms with van der Waals surface area (Å²) < 4.78 is 22.9. The Morgan fingerprint density at radius 2 is 1.00 bits per heavy atom. The summed E-state index contributed by atoms with van der Waals surface area (Å²) >= 11 is 0. The first kappa shape index (κ1) is 26.3. The lowest BCUT2D eigenvalue weighted by Crippen LogP contribution is -2.01. The zero-order valence-corrected chi connectivity index (χ0v) is 21.6. The second-order valence-electron chi connectivity index (χ2n) is 8.54. The van der Waals surface area contributed by atoms with Crippen LogP contribution in [0.15, 0.2) is 110 Å². The summed E-state index contributed by atoms with van der Waals surface area (Å²) in [4.78, 5) is 13.0. The third-order valence-corrected chi connectivity index (χ3v) is 5.90. The van der Waals surface area contributed by atoms with Crippen LogP contribution in [0.1, 0.15) is 27.0 Å². The van der Waals surface area contributed by atoms with E-state index in [0.717, 1.165) is 24.0 Å². The molecule has 5 nitrogen and oxygen atoms in total. The first-order valence-electron chi connectivity index (χ1n) is 12.2. The number of carbonyl (C=O) groups is 1. The number of methoxy groups -OCH3 is 2. The van der Waals surface area contributed by atoms with Crippen molar-refractivity contribution in [2.75, 3.05) is 14.2 Å². The van der Waals surface area contributed by atoms with Gasteiger partial charge in [0.2, 0.25) is 0 Å². The van der Waals surface area contributed by atoms with Crippen LogP contribution in [0, 0.1) is 0 Å². The van der Waals surface area contributed by atoms with Crippen molar-refractivity contribution in [1.82, 2.24) is 0 Å². The van der Waals surface area contributed by atoms with Crippen molar-refractivity contribution in [2.45, 2.75) is 12.8 Å². The van der Waals surface area contributed by atoms with E-state index in [1.165, 1.54) is 0 Å². The van der Waals surface area contributed by atoms with Gasteiger partial charge >= 0.3 is 0 Å². The van der Waals surface area contributed by atoms with Gasteiger partial charge in [-0.25, -0.2) is 0 Å². The van der Waals surface area contributed by atoms with Gasteiger partial charge in [0.25, 0.3) is 0 Å². The standard InChI is InChI=1S/C33H30O5/c1-5-7-23-9-19-29(31(21-23)35-3)37-27-15-11-25(12-16-27)33(34)26-13-17-28(18-14-26)38-30-20-10-24(8-6-2)22-32(30)36-4/h5-6,9-22H,1-2,7-8H2,3-4H3. The Morgan fingerprint density at radius 3 is 1.34 bits per heavy atom. The van der Waals surface area contributed by atoms with Crippen LogP contribution < -0.4 is 18.9 Å². The maximum atomic E-state index is 13.0. The number of ether oxygens (including phenoxy) is 4. The van der Waals surface area contributed by atoms with Crippen LogP contribution in [0.25, 0.3) is 0 Å². The van der Waals surface area contributed by atoms with E-state index in [4.69, 9.17) is 18.9 Å². The Labute approximate surface area is 223 Å². The van der Waals surface area contributed by atoms with Crippen LogP contribution in [0.4, 0.5) is 0 Å². The molecular formula is C33H30O5. The van der Waals surface area contributed by atoms with E-state index in [2.05, 4.69) is 13.2 Å². The Balaban J connectivity index is 1.43. The molecule has 0 bridgehead atoms. The molecule has 0 heterocycles. The van der Waals surface area contributed by atoms with Gasteiger partial charge in [0.15, 0.2) is 28.8 Å². The van der Waals surface area contributed by atoms with Gasteiger partial charge < -0.3 is 18.9 Å². The average Bonchev–Trinajstić information content (AvgIpc) is 2.95. The van der Waals surface area contributed by atoms with E-state index >= 15 is 0 Å². The lowest BCUT2D eigenvalue weighted by molar-refractivity contribution is 0.103. The molecule has 38 heavy (non-hydrogen) atoms. The molecule has 0 aliphatic carbocycles. The summed E-state index contributed by atoms with van der Waals surface area (Å²) in [6.45, 7) is 7.54. The lowest BCUT2D eigenvalue weighted by atomic mass is 10.0. The quantitative estimate of drug-likeness (QED) is 0.144. The summed E-state index contributed by atoms with van der Waals surface area (Å²) in [5.74, 6) is 3.58. The Morgan fingerprint density at radius 1 is 0.605 bits per heavy atom. The monoisotopic (exact) mass is 506 g/mol. The van der Waals surface area contributed by atoms with E-state index in [9.17, 15) is 4.79 Å². The van der Waals surface area contributed by atoms with Gasteiger partial charge in [-0.3, -0.25) is 4.79 Å². The molecule has 0 aliphatic heterocycles. The molecule has 0 amide bonds. The Kier molecular flexibility index (Phi) is 8.62. The van der Waals surface area contributed by atoms with Crippen molar-refractivity contribution in [3.05, 3.63) is 132 Å². The summed E-state index contributed by atoms with van der Waals surface area (Å²) in [6.07, 6.45) is 5.17. The highest BCUT2D eigenvalue weighted by Crippen LogP contribution is 2.34. The second kappa shape index (κ2) is 12.5. The van der Waals surface area contributed by atoms with E-state index < -0.39 is 0 Å². The summed E-state index contributed by atoms with van der Waals surface area (Å²) in [7, 11) is 3.21. The minimum atomic E-state index is -0.0965. The van der Waals surface area contributed by atoms with E-state index in [1.54, 1.807) is 62.8 Å². The van der Waals surface area contributed by atoms with Gasteiger partial charge in [-0.1, -0.05) is 24.3 Å². The minimum Gasteiger partial charge on any atom is -0.493 e. The van der Waals surface area contributed by atoms with Gasteiger partial charge in [-0.15, -0.1) is 13.2 Å². The van der Waals surface area contributed by atoms with Gasteiger partial charge in [-0.05, 0) is 96.8 Å². The zero-order valence-electron chi connectivity index (χ0n) is 21.6. The van der Waals surface area contributed by atoms with E-state index in [0.29, 0.717) is 45.6 Å². The number of benzene rings is 4. The number of hydrogen-bond donors (Lipinski definition) is 0. The van der Waals surface area contributed by atoms with Gasteiger partial charge in [0.05, 0.1) is 14.2 Å². The number of allylic oxidation sites excluding steroid dienone is 2. The van der Waals surface area contributed by atoms with Gasteiger partial charge in [0, 0.05) is 11.1 Å². The molecule has 0 N–H and O–H groups in total. The van der Waals surface area contributed by atoms with Crippen molar-refractivity contribution in [3.8, 4) is 34.5 Å². The number of carbonyl (C=O) groups excluding carboxylic acids is 1. The van der Waals surface area contributed by atoms with Crippen LogP contribution in [-0.2, 0) is 12.8 Å². The van der Waals surface area contributed by atoms with Crippen molar-refractivity contribution >= 4 is 5.78 Å². The molecule has 0 radical (unpaired) electrons. The highest BCUT2D eigenvalue weighted by molar-refractivity contribution is 6.09. The normalized spacial score (nSPS) is 10.4. The predicted molar refractivity (Wildman–Crippen MR) is 150 cm³/mol. The fourth-order valence-corrected chi connectivity index (χ4v) is 3.95. The summed E-state index contributed by atoms with van der Waals surface area (Å²) in [5, 5.41) is 0. The molecule has 0 spiro atoms. The zero-order chi connectivity index (χ0) is 26.9. The summed E-state index contributed by atoms with van der Waals surface area (Å²) in [5.41, 5.74) is 3.28. The maximum Gasteiger partial charge on any atom is 0.193 e. The van der Waals surface area contributed by atoms with Crippen LogP contribution in [0.2, 0.25) is 0 Å². The fourth-order valence-electron chi connectivity index (χ4n) is 3.95. The van der Waals surface area contributed by atoms with E-state index in [1.807, 2.05) is 48.6 Å². The van der Waals surface area contributed by atoms with Gasteiger partial charge in [0.1, 0.15) is 11.5 Å². The fraction of sp³-hybridized carbons (Fsp3) is 0.121. The molecule has 4 rings (SSSR count). The minimum absolute atomic E-state index is 0.0965. The van der Waals surface area contributed by atoms with Crippen molar-refractivity contribution < 1.29 is 23.7 Å². The molecule has 0 atom stereocenters. The highest BCUT2D eigenvalue weighted by Gasteiger charge is 2.12. The second-order valence-corrected chi connectivity index (χ2v) is 8.54. The molecule has 4 aromatic rings. The molecule has 0 fully saturated rings. The maximum absolute atomic E-state index is 13.0. The smallest absolute Gasteiger partial charge is 0.193 e. The average molecular weight is 507 g/mol. The molecule has 0 unspecified atom stereocenters. The van der Waals surface area contributed by atoms with Crippen molar-refractivity contribution in [2.24, 2.45) is 0 Å². The largest absolute Gasteiger partial charge is 0.493 e. The van der Waals surface area contributed by atoms with Crippen molar-refractivity contribution in [1.29, 1.82) is 0 Å². The number of ketones is 1. The Hall–Kier alpha value is -4.77. The molecule has 0 aromatic heterocycles. The van der Waals surface area contributed by atoms with Crippen LogP contribution >= 0.6 is 0 Å². The molecule has 0 saturated carbocycles. The summed E-state index contributed by atoms with van der Waals surface area (Å²) in [6, 6.07) is 25.6. The number of hydrogen-bond acceptors (Lipinski definition) is 5. The molecule has 192 valence electrons. The van der Waals surface area contributed by atoms with Crippen LogP contribution in [0.3, 0.4) is 0 Å². The third-order valence-electron chi connectivity index (χ3n) is 5.90. The van der Waals surface area contributed by atoms with Gasteiger partial charge in [-0.2, -0.15) is 0 Å². The van der Waals surface area contributed by atoms with Crippen LogP contribution in [0.5, 0.6) is 34.5 Å². The molecule has 4 aromatic carbocycles. The SMILES string of the molecule is C=CCc1ccc(Oc2ccc(C(=O)c3ccc(Oc4ccc(CC=C)cc4OC)cc3)cc2)c(OC)c1. The highest BCUT2D eigenvalue weighted by atomic mass is 16.5. The molecular weight excluding hydrogens is 476 g/mol. The molecule has 0 saturated heterocycles. The molecule has 0 aliphatic rings. The Bertz CT molecular complexity index is 1310. The first-order valence-corrected chi connectivity index (χ1v) is 12.2. The number of rotatable bonds is 12. The first-order chi connectivity index (χ1) is 18.5. The topological polar surface area (TPSA) is 54.0 Å². The predicted octanol–water partition coefficient (Wildman–Crippen LogP) is 7.98. The van der Waals surface area contributed by atoms with Crippen LogP contribution in [-0.4, -0.2) is 20.0 Å². The molecule has 5 heteroatoms.